The van der Waals surface area contributed by atoms with Gasteiger partial charge in [0.05, 0.1) is 0 Å². The van der Waals surface area contributed by atoms with Gasteiger partial charge < -0.3 is 4.74 Å². The monoisotopic (exact) mass is 218 g/mol. The Morgan fingerprint density at radius 2 is 2.12 bits per heavy atom. The summed E-state index contributed by atoms with van der Waals surface area (Å²) in [6.07, 6.45) is 3.14. The Balaban J connectivity index is 2.41. The number of carbonyl (C=O) groups is 1. The molecule has 1 aromatic rings. The van der Waals surface area contributed by atoms with Gasteiger partial charge in [0.25, 0.3) is 0 Å². The van der Waals surface area contributed by atoms with E-state index in [9.17, 15) is 4.79 Å². The number of esters is 1. The SMILES string of the molecule is CC(=O)O[C@@H]1CCCc2c(C)cc(C)cc21. The molecule has 0 radical (unpaired) electrons. The van der Waals surface area contributed by atoms with Crippen LogP contribution < -0.4 is 0 Å². The molecular weight excluding hydrogens is 200 g/mol. The quantitative estimate of drug-likeness (QED) is 0.676. The van der Waals surface area contributed by atoms with E-state index in [4.69, 9.17) is 4.74 Å². The molecule has 0 unspecified atom stereocenters. The minimum Gasteiger partial charge on any atom is -0.458 e. The Morgan fingerprint density at radius 1 is 1.38 bits per heavy atom. The smallest absolute Gasteiger partial charge is 0.303 e. The number of benzene rings is 1. The number of hydrogen-bond acceptors (Lipinski definition) is 2. The zero-order chi connectivity index (χ0) is 11.7. The lowest BCUT2D eigenvalue weighted by atomic mass is 9.85. The van der Waals surface area contributed by atoms with Crippen LogP contribution in [0.4, 0.5) is 0 Å². The number of fused-ring (bicyclic) bond motifs is 1. The Hall–Kier alpha value is -1.31. The molecule has 0 spiro atoms. The maximum absolute atomic E-state index is 11.1. The van der Waals surface area contributed by atoms with Crippen LogP contribution in [0.25, 0.3) is 0 Å². The van der Waals surface area contributed by atoms with Crippen LogP contribution in [-0.2, 0) is 16.0 Å². The summed E-state index contributed by atoms with van der Waals surface area (Å²) < 4.78 is 5.39. The highest BCUT2D eigenvalue weighted by Gasteiger charge is 2.23. The van der Waals surface area contributed by atoms with Crippen LogP contribution in [0.5, 0.6) is 0 Å². The average Bonchev–Trinajstić information content (AvgIpc) is 2.18. The lowest BCUT2D eigenvalue weighted by Crippen LogP contribution is -2.16. The van der Waals surface area contributed by atoms with Gasteiger partial charge in [-0.2, -0.15) is 0 Å². The fraction of sp³-hybridized carbons (Fsp3) is 0.500. The number of hydrogen-bond donors (Lipinski definition) is 0. The first-order valence-corrected chi connectivity index (χ1v) is 5.85. The second-order valence-corrected chi connectivity index (χ2v) is 4.64. The highest BCUT2D eigenvalue weighted by Crippen LogP contribution is 2.35. The predicted molar refractivity (Wildman–Crippen MR) is 63.4 cm³/mol. The molecule has 2 rings (SSSR count). The molecule has 1 atom stereocenters. The lowest BCUT2D eigenvalue weighted by molar-refractivity contribution is -0.147. The minimum absolute atomic E-state index is 0.0279. The third kappa shape index (κ3) is 2.11. The fourth-order valence-electron chi connectivity index (χ4n) is 2.60. The van der Waals surface area contributed by atoms with E-state index >= 15 is 0 Å². The van der Waals surface area contributed by atoms with Crippen LogP contribution in [0.3, 0.4) is 0 Å². The van der Waals surface area contributed by atoms with Crippen molar-refractivity contribution in [2.75, 3.05) is 0 Å². The number of rotatable bonds is 1. The summed E-state index contributed by atoms with van der Waals surface area (Å²) in [6.45, 7) is 5.71. The summed E-state index contributed by atoms with van der Waals surface area (Å²) >= 11 is 0. The summed E-state index contributed by atoms with van der Waals surface area (Å²) in [6, 6.07) is 4.37. The zero-order valence-corrected chi connectivity index (χ0v) is 10.2. The van der Waals surface area contributed by atoms with Crippen molar-refractivity contribution in [3.05, 3.63) is 34.4 Å². The molecule has 1 aliphatic rings. The van der Waals surface area contributed by atoms with E-state index in [0.29, 0.717) is 0 Å². The molecule has 2 heteroatoms. The van der Waals surface area contributed by atoms with Gasteiger partial charge in [0.1, 0.15) is 6.10 Å². The third-order valence-corrected chi connectivity index (χ3v) is 3.20. The molecule has 0 heterocycles. The van der Waals surface area contributed by atoms with Crippen molar-refractivity contribution in [2.24, 2.45) is 0 Å². The molecular formula is C14H18O2. The van der Waals surface area contributed by atoms with Gasteiger partial charge in [-0.05, 0) is 49.8 Å². The van der Waals surface area contributed by atoms with Crippen LogP contribution in [0.15, 0.2) is 12.1 Å². The van der Waals surface area contributed by atoms with Gasteiger partial charge in [0, 0.05) is 6.92 Å². The summed E-state index contributed by atoms with van der Waals surface area (Å²) in [5.74, 6) is -0.183. The van der Waals surface area contributed by atoms with Crippen molar-refractivity contribution in [2.45, 2.75) is 46.1 Å². The van der Waals surface area contributed by atoms with Gasteiger partial charge >= 0.3 is 5.97 Å². The maximum atomic E-state index is 11.1. The molecule has 1 aromatic carbocycles. The Kier molecular flexibility index (Phi) is 2.99. The van der Waals surface area contributed by atoms with Crippen LogP contribution in [-0.4, -0.2) is 5.97 Å². The molecule has 0 fully saturated rings. The Morgan fingerprint density at radius 3 is 2.81 bits per heavy atom. The van der Waals surface area contributed by atoms with Gasteiger partial charge in [-0.25, -0.2) is 0 Å². The summed E-state index contributed by atoms with van der Waals surface area (Å²) in [7, 11) is 0. The third-order valence-electron chi connectivity index (χ3n) is 3.20. The van der Waals surface area contributed by atoms with Gasteiger partial charge in [-0.1, -0.05) is 17.7 Å². The average molecular weight is 218 g/mol. The Bertz CT molecular complexity index is 421. The predicted octanol–water partition coefficient (Wildman–Crippen LogP) is 3.24. The normalized spacial score (nSPS) is 19.1. The van der Waals surface area contributed by atoms with E-state index in [1.165, 1.54) is 29.2 Å². The standard InChI is InChI=1S/C14H18O2/c1-9-7-10(2)12-5-4-6-14(13(12)8-9)16-11(3)15/h7-8,14H,4-6H2,1-3H3/t14-/m1/s1. The van der Waals surface area contributed by atoms with E-state index in [0.717, 1.165) is 19.3 Å². The fourth-order valence-corrected chi connectivity index (χ4v) is 2.60. The molecule has 0 saturated heterocycles. The number of aryl methyl sites for hydroxylation is 2. The van der Waals surface area contributed by atoms with Crippen molar-refractivity contribution in [1.29, 1.82) is 0 Å². The molecule has 0 amide bonds. The van der Waals surface area contributed by atoms with E-state index in [1.54, 1.807) is 0 Å². The van der Waals surface area contributed by atoms with Crippen LogP contribution in [0.2, 0.25) is 0 Å². The molecule has 0 bridgehead atoms. The summed E-state index contributed by atoms with van der Waals surface area (Å²) in [4.78, 5) is 11.1. The van der Waals surface area contributed by atoms with Crippen LogP contribution >= 0.6 is 0 Å². The molecule has 0 saturated carbocycles. The number of carbonyl (C=O) groups excluding carboxylic acids is 1. The molecule has 2 nitrogen and oxygen atoms in total. The first-order chi connectivity index (χ1) is 7.58. The zero-order valence-electron chi connectivity index (χ0n) is 10.2. The topological polar surface area (TPSA) is 26.3 Å². The molecule has 0 aliphatic heterocycles. The van der Waals surface area contributed by atoms with Crippen molar-refractivity contribution in [3.63, 3.8) is 0 Å². The highest BCUT2D eigenvalue weighted by atomic mass is 16.5. The molecule has 0 aromatic heterocycles. The van der Waals surface area contributed by atoms with Crippen molar-refractivity contribution in [1.82, 2.24) is 0 Å². The highest BCUT2D eigenvalue weighted by molar-refractivity contribution is 5.66. The maximum Gasteiger partial charge on any atom is 0.303 e. The van der Waals surface area contributed by atoms with Crippen LogP contribution in [0, 0.1) is 13.8 Å². The van der Waals surface area contributed by atoms with Gasteiger partial charge in [-0.15, -0.1) is 0 Å². The van der Waals surface area contributed by atoms with Gasteiger partial charge in [0.15, 0.2) is 0 Å². The second kappa shape index (κ2) is 4.28. The van der Waals surface area contributed by atoms with E-state index in [1.807, 2.05) is 0 Å². The van der Waals surface area contributed by atoms with Crippen molar-refractivity contribution >= 4 is 5.97 Å². The van der Waals surface area contributed by atoms with Gasteiger partial charge in [-0.3, -0.25) is 4.79 Å². The lowest BCUT2D eigenvalue weighted by Gasteiger charge is -2.26. The first-order valence-electron chi connectivity index (χ1n) is 5.85. The molecule has 1 aliphatic carbocycles. The van der Waals surface area contributed by atoms with Crippen molar-refractivity contribution < 1.29 is 9.53 Å². The van der Waals surface area contributed by atoms with Crippen LogP contribution in [0.1, 0.15) is 48.1 Å². The Labute approximate surface area is 96.6 Å². The van der Waals surface area contributed by atoms with E-state index in [-0.39, 0.29) is 12.1 Å². The molecule has 86 valence electrons. The molecule has 16 heavy (non-hydrogen) atoms. The summed E-state index contributed by atoms with van der Waals surface area (Å²) in [5.41, 5.74) is 5.17. The van der Waals surface area contributed by atoms with E-state index < -0.39 is 0 Å². The van der Waals surface area contributed by atoms with Gasteiger partial charge in [0.2, 0.25) is 0 Å². The second-order valence-electron chi connectivity index (χ2n) is 4.64. The van der Waals surface area contributed by atoms with Crippen molar-refractivity contribution in [3.8, 4) is 0 Å². The van der Waals surface area contributed by atoms with E-state index in [2.05, 4.69) is 26.0 Å². The summed E-state index contributed by atoms with van der Waals surface area (Å²) in [5, 5.41) is 0. The number of ether oxygens (including phenoxy) is 1. The largest absolute Gasteiger partial charge is 0.458 e. The minimum atomic E-state index is -0.183. The first kappa shape index (κ1) is 11.2. The molecule has 0 N–H and O–H groups in total.